The largest absolute Gasteiger partial charge is 0.443 e. The van der Waals surface area contributed by atoms with Gasteiger partial charge in [-0.1, -0.05) is 30.3 Å². The molecule has 2 aromatic rings. The number of carbonyl (C=O) groups excluding carboxylic acids is 2. The van der Waals surface area contributed by atoms with Crippen LogP contribution in [0.15, 0.2) is 48.5 Å². The first-order chi connectivity index (χ1) is 13.8. The third-order valence-electron chi connectivity index (χ3n) is 4.85. The fourth-order valence-corrected chi connectivity index (χ4v) is 3.49. The number of nitrogens with one attached hydrogen (secondary N) is 1. The third kappa shape index (κ3) is 5.15. The number of amides is 1. The predicted molar refractivity (Wildman–Crippen MR) is 115 cm³/mol. The van der Waals surface area contributed by atoms with Gasteiger partial charge in [-0.15, -0.1) is 0 Å². The molecule has 29 heavy (non-hydrogen) atoms. The average molecular weight is 396 g/mol. The number of benzene rings is 2. The molecule has 0 spiro atoms. The van der Waals surface area contributed by atoms with E-state index >= 15 is 0 Å². The SMILES string of the molecule is CC(C)(C)OC(=O)N(c1ccc(C(=O)c2ccccc2)cc1N)C1CCNCC1. The summed E-state index contributed by atoms with van der Waals surface area (Å²) in [6.07, 6.45) is 1.20. The van der Waals surface area contributed by atoms with Crippen LogP contribution in [0.3, 0.4) is 0 Å². The highest BCUT2D eigenvalue weighted by molar-refractivity contribution is 6.10. The summed E-state index contributed by atoms with van der Waals surface area (Å²) in [4.78, 5) is 27.4. The first-order valence-corrected chi connectivity index (χ1v) is 9.98. The molecule has 154 valence electrons. The Hall–Kier alpha value is -2.86. The van der Waals surface area contributed by atoms with Gasteiger partial charge in [-0.25, -0.2) is 4.79 Å². The molecule has 2 aromatic carbocycles. The molecule has 0 radical (unpaired) electrons. The van der Waals surface area contributed by atoms with Gasteiger partial charge in [-0.3, -0.25) is 9.69 Å². The molecule has 1 amide bonds. The van der Waals surface area contributed by atoms with Crippen molar-refractivity contribution in [3.8, 4) is 0 Å². The number of ketones is 1. The molecule has 1 aliphatic rings. The predicted octanol–water partition coefficient (Wildman–Crippen LogP) is 3.99. The van der Waals surface area contributed by atoms with Crippen LogP contribution in [-0.4, -0.2) is 36.6 Å². The van der Waals surface area contributed by atoms with Crippen LogP contribution < -0.4 is 16.0 Å². The number of ether oxygens (including phenoxy) is 1. The maximum absolute atomic E-state index is 13.0. The molecular weight excluding hydrogens is 366 g/mol. The Kier molecular flexibility index (Phi) is 6.23. The first-order valence-electron chi connectivity index (χ1n) is 9.98. The van der Waals surface area contributed by atoms with Crippen molar-refractivity contribution in [1.29, 1.82) is 0 Å². The lowest BCUT2D eigenvalue weighted by molar-refractivity contribution is 0.0559. The van der Waals surface area contributed by atoms with Gasteiger partial charge < -0.3 is 15.8 Å². The molecule has 0 aromatic heterocycles. The molecule has 0 bridgehead atoms. The highest BCUT2D eigenvalue weighted by atomic mass is 16.6. The van der Waals surface area contributed by atoms with Crippen molar-refractivity contribution in [2.75, 3.05) is 23.7 Å². The van der Waals surface area contributed by atoms with Gasteiger partial charge in [0.25, 0.3) is 0 Å². The zero-order valence-corrected chi connectivity index (χ0v) is 17.3. The topological polar surface area (TPSA) is 84.7 Å². The molecule has 1 saturated heterocycles. The maximum Gasteiger partial charge on any atom is 0.415 e. The van der Waals surface area contributed by atoms with Gasteiger partial charge in [0.05, 0.1) is 11.4 Å². The lowest BCUT2D eigenvalue weighted by Crippen LogP contribution is -2.48. The van der Waals surface area contributed by atoms with Gasteiger partial charge in [0.2, 0.25) is 0 Å². The van der Waals surface area contributed by atoms with Crippen molar-refractivity contribution in [2.24, 2.45) is 0 Å². The summed E-state index contributed by atoms with van der Waals surface area (Å²) in [5.41, 5.74) is 7.77. The van der Waals surface area contributed by atoms with E-state index in [1.807, 2.05) is 39.0 Å². The summed E-state index contributed by atoms with van der Waals surface area (Å²) < 4.78 is 5.65. The molecule has 3 rings (SSSR count). The summed E-state index contributed by atoms with van der Waals surface area (Å²) in [7, 11) is 0. The second-order valence-corrected chi connectivity index (χ2v) is 8.30. The smallest absolute Gasteiger partial charge is 0.415 e. The number of nitrogens with zero attached hydrogens (tertiary/aromatic N) is 1. The zero-order chi connectivity index (χ0) is 21.0. The monoisotopic (exact) mass is 395 g/mol. The summed E-state index contributed by atoms with van der Waals surface area (Å²) >= 11 is 0. The molecule has 0 atom stereocenters. The van der Waals surface area contributed by atoms with E-state index in [1.54, 1.807) is 35.2 Å². The van der Waals surface area contributed by atoms with Crippen LogP contribution in [0.4, 0.5) is 16.2 Å². The van der Waals surface area contributed by atoms with Gasteiger partial charge in [-0.2, -0.15) is 0 Å². The first kappa shape index (κ1) is 20.9. The fraction of sp³-hybridized carbons (Fsp3) is 0.391. The minimum Gasteiger partial charge on any atom is -0.443 e. The second kappa shape index (κ2) is 8.66. The van der Waals surface area contributed by atoms with E-state index in [1.165, 1.54) is 0 Å². The Morgan fingerprint density at radius 2 is 1.69 bits per heavy atom. The molecular formula is C23H29N3O3. The lowest BCUT2D eigenvalue weighted by atomic mass is 10.0. The van der Waals surface area contributed by atoms with Crippen LogP contribution >= 0.6 is 0 Å². The van der Waals surface area contributed by atoms with Crippen LogP contribution in [0.2, 0.25) is 0 Å². The van der Waals surface area contributed by atoms with Gasteiger partial charge in [0, 0.05) is 17.2 Å². The Morgan fingerprint density at radius 1 is 1.03 bits per heavy atom. The molecule has 6 heteroatoms. The van der Waals surface area contributed by atoms with E-state index in [2.05, 4.69) is 5.32 Å². The third-order valence-corrected chi connectivity index (χ3v) is 4.85. The Bertz CT molecular complexity index is 869. The minimum atomic E-state index is -0.611. The van der Waals surface area contributed by atoms with Crippen LogP contribution in [0.5, 0.6) is 0 Å². The fourth-order valence-electron chi connectivity index (χ4n) is 3.49. The van der Waals surface area contributed by atoms with Gasteiger partial charge in [0.1, 0.15) is 5.60 Å². The number of hydrogen-bond donors (Lipinski definition) is 2. The van der Waals surface area contributed by atoms with E-state index in [0.717, 1.165) is 25.9 Å². The maximum atomic E-state index is 13.0. The average Bonchev–Trinajstić information content (AvgIpc) is 2.69. The molecule has 3 N–H and O–H groups in total. The molecule has 0 unspecified atom stereocenters. The zero-order valence-electron chi connectivity index (χ0n) is 17.3. The van der Waals surface area contributed by atoms with Crippen molar-refractivity contribution in [3.05, 3.63) is 59.7 Å². The minimum absolute atomic E-state index is 0.0101. The molecule has 6 nitrogen and oxygen atoms in total. The second-order valence-electron chi connectivity index (χ2n) is 8.30. The van der Waals surface area contributed by atoms with Crippen LogP contribution in [-0.2, 0) is 4.74 Å². The van der Waals surface area contributed by atoms with Crippen LogP contribution in [0.25, 0.3) is 0 Å². The van der Waals surface area contributed by atoms with E-state index < -0.39 is 11.7 Å². The molecule has 1 fully saturated rings. The van der Waals surface area contributed by atoms with Gasteiger partial charge in [0.15, 0.2) is 5.78 Å². The number of nitrogens with two attached hydrogens (primary N) is 1. The van der Waals surface area contributed by atoms with Crippen molar-refractivity contribution in [2.45, 2.75) is 45.3 Å². The summed E-state index contributed by atoms with van der Waals surface area (Å²) in [6.45, 7) is 7.19. The van der Waals surface area contributed by atoms with E-state index in [4.69, 9.17) is 10.5 Å². The normalized spacial score (nSPS) is 15.0. The molecule has 0 aliphatic carbocycles. The Labute approximate surface area is 172 Å². The Morgan fingerprint density at radius 3 is 2.28 bits per heavy atom. The molecule has 1 aliphatic heterocycles. The number of anilines is 2. The highest BCUT2D eigenvalue weighted by Crippen LogP contribution is 2.31. The van der Waals surface area contributed by atoms with Crippen molar-refractivity contribution in [3.63, 3.8) is 0 Å². The highest BCUT2D eigenvalue weighted by Gasteiger charge is 2.32. The number of hydrogen-bond acceptors (Lipinski definition) is 5. The Balaban J connectivity index is 1.93. The van der Waals surface area contributed by atoms with Crippen molar-refractivity contribution >= 4 is 23.3 Å². The van der Waals surface area contributed by atoms with Crippen molar-refractivity contribution < 1.29 is 14.3 Å². The van der Waals surface area contributed by atoms with E-state index in [0.29, 0.717) is 22.5 Å². The van der Waals surface area contributed by atoms with Gasteiger partial charge in [-0.05, 0) is 64.9 Å². The van der Waals surface area contributed by atoms with Crippen molar-refractivity contribution in [1.82, 2.24) is 5.32 Å². The van der Waals surface area contributed by atoms with Crippen LogP contribution in [0, 0.1) is 0 Å². The molecule has 0 saturated carbocycles. The van der Waals surface area contributed by atoms with E-state index in [9.17, 15) is 9.59 Å². The summed E-state index contributed by atoms with van der Waals surface area (Å²) in [6, 6.07) is 14.2. The quantitative estimate of drug-likeness (QED) is 0.604. The van der Waals surface area contributed by atoms with Crippen LogP contribution in [0.1, 0.15) is 49.5 Å². The number of rotatable bonds is 4. The summed E-state index contributed by atoms with van der Waals surface area (Å²) in [5, 5.41) is 3.31. The summed E-state index contributed by atoms with van der Waals surface area (Å²) in [5.74, 6) is -0.102. The number of piperidine rings is 1. The number of nitrogen functional groups attached to an aromatic ring is 1. The van der Waals surface area contributed by atoms with E-state index in [-0.39, 0.29) is 11.8 Å². The number of carbonyl (C=O) groups is 2. The molecule has 1 heterocycles. The van der Waals surface area contributed by atoms with Gasteiger partial charge >= 0.3 is 6.09 Å². The standard InChI is InChI=1S/C23H29N3O3/c1-23(2,3)29-22(28)26(18-11-13-25-14-12-18)20-10-9-17(15-19(20)24)21(27)16-7-5-4-6-8-16/h4-10,15,18,25H,11-14,24H2,1-3H3. The lowest BCUT2D eigenvalue weighted by Gasteiger charge is -2.36.